The molecule has 2 aromatic rings. The van der Waals surface area contributed by atoms with Gasteiger partial charge in [0.2, 0.25) is 0 Å². The number of hydrogen-bond acceptors (Lipinski definition) is 4. The van der Waals surface area contributed by atoms with Gasteiger partial charge in [0.1, 0.15) is 5.52 Å². The van der Waals surface area contributed by atoms with Gasteiger partial charge < -0.3 is 15.1 Å². The van der Waals surface area contributed by atoms with Crippen LogP contribution in [0, 0.1) is 11.3 Å². The van der Waals surface area contributed by atoms with Crippen molar-refractivity contribution in [1.82, 2.24) is 4.98 Å². The molecule has 4 nitrogen and oxygen atoms in total. The quantitative estimate of drug-likeness (QED) is 0.805. The maximum atomic E-state index is 5.84. The lowest BCUT2D eigenvalue weighted by molar-refractivity contribution is 0.197. The minimum absolute atomic E-state index is 0.391. The lowest BCUT2D eigenvalue weighted by Crippen LogP contribution is -2.38. The fourth-order valence-electron chi connectivity index (χ4n) is 3.00. The summed E-state index contributed by atoms with van der Waals surface area (Å²) in [5.41, 5.74) is 8.56. The van der Waals surface area contributed by atoms with E-state index in [0.717, 1.165) is 41.8 Å². The molecule has 0 spiro atoms. The van der Waals surface area contributed by atoms with Crippen molar-refractivity contribution in [3.05, 3.63) is 18.2 Å². The van der Waals surface area contributed by atoms with Crippen molar-refractivity contribution in [3.8, 4) is 0 Å². The minimum atomic E-state index is 0.391. The van der Waals surface area contributed by atoms with Gasteiger partial charge in [0.05, 0.1) is 0 Å². The number of nitrogens with zero attached hydrogens (tertiary/aromatic N) is 2. The topological polar surface area (TPSA) is 55.3 Å². The molecule has 4 heteroatoms. The van der Waals surface area contributed by atoms with Crippen molar-refractivity contribution in [1.29, 1.82) is 0 Å². The second-order valence-corrected chi connectivity index (χ2v) is 6.85. The van der Waals surface area contributed by atoms with Crippen molar-refractivity contribution in [2.45, 2.75) is 33.6 Å². The zero-order chi connectivity index (χ0) is 14.3. The third kappa shape index (κ3) is 2.47. The summed E-state index contributed by atoms with van der Waals surface area (Å²) < 4.78 is 5.84. The van der Waals surface area contributed by atoms with Gasteiger partial charge >= 0.3 is 0 Å². The molecule has 3 rings (SSSR count). The number of rotatable bonds is 1. The molecule has 0 atom stereocenters. The van der Waals surface area contributed by atoms with Crippen molar-refractivity contribution >= 4 is 22.8 Å². The third-order valence-corrected chi connectivity index (χ3v) is 4.39. The van der Waals surface area contributed by atoms with Gasteiger partial charge in [-0.3, -0.25) is 0 Å². The first-order valence-electron chi connectivity index (χ1n) is 7.34. The predicted octanol–water partition coefficient (Wildman–Crippen LogP) is 3.67. The maximum Gasteiger partial charge on any atom is 0.298 e. The van der Waals surface area contributed by atoms with Crippen LogP contribution in [0.3, 0.4) is 0 Å². The van der Waals surface area contributed by atoms with E-state index in [1.54, 1.807) is 0 Å². The summed E-state index contributed by atoms with van der Waals surface area (Å²) >= 11 is 0. The Morgan fingerprint density at radius 2 is 1.95 bits per heavy atom. The summed E-state index contributed by atoms with van der Waals surface area (Å²) in [6.07, 6.45) is 2.40. The first-order valence-corrected chi connectivity index (χ1v) is 7.34. The fraction of sp³-hybridized carbons (Fsp3) is 0.562. The summed E-state index contributed by atoms with van der Waals surface area (Å²) in [7, 11) is 0. The minimum Gasteiger partial charge on any atom is -0.423 e. The van der Waals surface area contributed by atoms with Crippen LogP contribution < -0.4 is 10.6 Å². The lowest BCUT2D eigenvalue weighted by atomic mass is 9.75. The summed E-state index contributed by atoms with van der Waals surface area (Å²) in [6.45, 7) is 9.02. The lowest BCUT2D eigenvalue weighted by Gasteiger charge is -2.38. The molecule has 2 N–H and O–H groups in total. The van der Waals surface area contributed by atoms with Crippen LogP contribution in [0.5, 0.6) is 0 Å². The molecule has 1 aliphatic rings. The van der Waals surface area contributed by atoms with Gasteiger partial charge in [0.25, 0.3) is 6.01 Å². The van der Waals surface area contributed by atoms with E-state index in [1.165, 1.54) is 12.8 Å². The van der Waals surface area contributed by atoms with E-state index in [-0.39, 0.29) is 0 Å². The van der Waals surface area contributed by atoms with Gasteiger partial charge in [0, 0.05) is 18.8 Å². The molecular weight excluding hydrogens is 250 g/mol. The molecule has 0 aliphatic carbocycles. The Labute approximate surface area is 120 Å². The van der Waals surface area contributed by atoms with Gasteiger partial charge in [-0.1, -0.05) is 20.8 Å². The molecule has 1 fully saturated rings. The second-order valence-electron chi connectivity index (χ2n) is 6.85. The summed E-state index contributed by atoms with van der Waals surface area (Å²) in [4.78, 5) is 6.81. The fourth-order valence-corrected chi connectivity index (χ4v) is 3.00. The van der Waals surface area contributed by atoms with Crippen LogP contribution in [-0.2, 0) is 0 Å². The van der Waals surface area contributed by atoms with E-state index >= 15 is 0 Å². The number of nitrogen functional groups attached to an aromatic ring is 1. The molecule has 0 amide bonds. The molecule has 20 heavy (non-hydrogen) atoms. The zero-order valence-electron chi connectivity index (χ0n) is 12.5. The molecule has 0 unspecified atom stereocenters. The zero-order valence-corrected chi connectivity index (χ0v) is 12.5. The molecule has 1 aliphatic heterocycles. The highest BCUT2D eigenvalue weighted by atomic mass is 16.4. The Hall–Kier alpha value is -1.71. The highest BCUT2D eigenvalue weighted by molar-refractivity contribution is 5.78. The van der Waals surface area contributed by atoms with Crippen LogP contribution >= 0.6 is 0 Å². The molecule has 0 bridgehead atoms. The number of piperidine rings is 1. The number of benzene rings is 1. The Balaban J connectivity index is 1.76. The number of fused-ring (bicyclic) bond motifs is 1. The molecule has 2 heterocycles. The molecular formula is C16H23N3O. The van der Waals surface area contributed by atoms with Crippen LogP contribution in [0.2, 0.25) is 0 Å². The van der Waals surface area contributed by atoms with E-state index in [0.29, 0.717) is 5.41 Å². The second kappa shape index (κ2) is 4.69. The molecule has 0 radical (unpaired) electrons. The summed E-state index contributed by atoms with van der Waals surface area (Å²) in [5.74, 6) is 0.777. The van der Waals surface area contributed by atoms with Crippen LogP contribution in [0.15, 0.2) is 22.6 Å². The smallest absolute Gasteiger partial charge is 0.298 e. The van der Waals surface area contributed by atoms with Crippen LogP contribution in [-0.4, -0.2) is 18.1 Å². The van der Waals surface area contributed by atoms with Crippen molar-refractivity contribution in [2.24, 2.45) is 11.3 Å². The van der Waals surface area contributed by atoms with Crippen LogP contribution in [0.4, 0.5) is 11.7 Å². The van der Waals surface area contributed by atoms with E-state index < -0.39 is 0 Å². The van der Waals surface area contributed by atoms with Crippen molar-refractivity contribution in [2.75, 3.05) is 23.7 Å². The van der Waals surface area contributed by atoms with Gasteiger partial charge in [-0.2, -0.15) is 4.98 Å². The number of nitrogens with two attached hydrogens (primary N) is 1. The predicted molar refractivity (Wildman–Crippen MR) is 82.8 cm³/mol. The third-order valence-electron chi connectivity index (χ3n) is 4.39. The summed E-state index contributed by atoms with van der Waals surface area (Å²) in [6, 6.07) is 6.34. The highest BCUT2D eigenvalue weighted by Gasteiger charge is 2.30. The van der Waals surface area contributed by atoms with Crippen LogP contribution in [0.1, 0.15) is 33.6 Å². The van der Waals surface area contributed by atoms with E-state index in [4.69, 9.17) is 10.2 Å². The number of aromatic nitrogens is 1. The average molecular weight is 273 g/mol. The molecule has 1 aromatic heterocycles. The Kier molecular flexibility index (Phi) is 3.11. The van der Waals surface area contributed by atoms with Crippen molar-refractivity contribution in [3.63, 3.8) is 0 Å². The first-order chi connectivity index (χ1) is 9.43. The molecule has 0 saturated carbocycles. The van der Waals surface area contributed by atoms with Crippen molar-refractivity contribution < 1.29 is 4.42 Å². The van der Waals surface area contributed by atoms with Gasteiger partial charge in [-0.05, 0) is 42.4 Å². The van der Waals surface area contributed by atoms with Gasteiger partial charge in [-0.15, -0.1) is 0 Å². The standard InChI is InChI=1S/C16H23N3O/c1-16(2,3)11-6-8-19(9-7-11)15-18-13-10-12(17)4-5-14(13)20-15/h4-5,10-11H,6-9,17H2,1-3H3. The molecule has 1 saturated heterocycles. The van der Waals surface area contributed by atoms with E-state index in [9.17, 15) is 0 Å². The average Bonchev–Trinajstić information content (AvgIpc) is 2.80. The van der Waals surface area contributed by atoms with E-state index in [1.807, 2.05) is 18.2 Å². The number of hydrogen-bond donors (Lipinski definition) is 1. The van der Waals surface area contributed by atoms with Gasteiger partial charge in [-0.25, -0.2) is 0 Å². The molecule has 1 aromatic carbocycles. The largest absolute Gasteiger partial charge is 0.423 e. The summed E-state index contributed by atoms with van der Waals surface area (Å²) in [5, 5.41) is 0. The monoisotopic (exact) mass is 273 g/mol. The maximum absolute atomic E-state index is 5.84. The van der Waals surface area contributed by atoms with Crippen LogP contribution in [0.25, 0.3) is 11.1 Å². The molecule has 108 valence electrons. The number of oxazole rings is 1. The SMILES string of the molecule is CC(C)(C)C1CCN(c2nc3cc(N)ccc3o2)CC1. The number of anilines is 2. The Bertz CT molecular complexity index is 604. The van der Waals surface area contributed by atoms with Gasteiger partial charge in [0.15, 0.2) is 5.58 Å². The first kappa shape index (κ1) is 13.3. The Morgan fingerprint density at radius 3 is 2.60 bits per heavy atom. The Morgan fingerprint density at radius 1 is 1.25 bits per heavy atom. The normalized spacial score (nSPS) is 17.9. The highest BCUT2D eigenvalue weighted by Crippen LogP contribution is 2.36. The van der Waals surface area contributed by atoms with E-state index in [2.05, 4.69) is 30.7 Å².